The number of rotatable bonds is 6. The molecule has 25 heavy (non-hydrogen) atoms. The topological polar surface area (TPSA) is 72.0 Å². The number of aromatic nitrogens is 3. The largest absolute Gasteiger partial charge is 0.492 e. The van der Waals surface area contributed by atoms with Gasteiger partial charge in [0, 0.05) is 10.7 Å². The molecule has 0 radical (unpaired) electrons. The average molecular weight is 356 g/mol. The number of hydrogen-bond donors (Lipinski definition) is 2. The summed E-state index contributed by atoms with van der Waals surface area (Å²) < 4.78 is 5.60. The Balaban J connectivity index is 1.81. The summed E-state index contributed by atoms with van der Waals surface area (Å²) in [6, 6.07) is 13.3. The van der Waals surface area contributed by atoms with Crippen molar-refractivity contribution in [3.8, 4) is 5.75 Å². The second-order valence-electron chi connectivity index (χ2n) is 5.26. The van der Waals surface area contributed by atoms with Crippen LogP contribution in [0.25, 0.3) is 0 Å². The molecule has 0 atom stereocenters. The number of benzene rings is 2. The van der Waals surface area contributed by atoms with Crippen LogP contribution in [0, 0.1) is 6.92 Å². The highest BCUT2D eigenvalue weighted by molar-refractivity contribution is 6.31. The zero-order valence-corrected chi connectivity index (χ0v) is 14.7. The summed E-state index contributed by atoms with van der Waals surface area (Å²) in [6.07, 6.45) is 1.56. The van der Waals surface area contributed by atoms with Crippen molar-refractivity contribution >= 4 is 34.7 Å². The van der Waals surface area contributed by atoms with Crippen LogP contribution in [0.1, 0.15) is 12.5 Å². The Morgan fingerprint density at radius 3 is 2.68 bits per heavy atom. The highest BCUT2D eigenvalue weighted by Crippen LogP contribution is 2.27. The van der Waals surface area contributed by atoms with Crippen molar-refractivity contribution in [1.29, 1.82) is 0 Å². The first-order valence-electron chi connectivity index (χ1n) is 7.88. The number of nitrogens with zero attached hydrogens (tertiary/aromatic N) is 3. The maximum Gasteiger partial charge on any atom is 0.249 e. The van der Waals surface area contributed by atoms with E-state index in [2.05, 4.69) is 25.8 Å². The van der Waals surface area contributed by atoms with Crippen molar-refractivity contribution in [3.05, 3.63) is 59.2 Å². The summed E-state index contributed by atoms with van der Waals surface area (Å²) >= 11 is 6.15. The molecule has 0 aliphatic carbocycles. The molecule has 0 aliphatic rings. The molecule has 6 nitrogen and oxygen atoms in total. The van der Waals surface area contributed by atoms with Gasteiger partial charge in [-0.05, 0) is 43.7 Å². The minimum absolute atomic E-state index is 0.372. The summed E-state index contributed by atoms with van der Waals surface area (Å²) in [5, 5.41) is 15.1. The second-order valence-corrected chi connectivity index (χ2v) is 5.66. The first kappa shape index (κ1) is 17.0. The van der Waals surface area contributed by atoms with Gasteiger partial charge in [-0.15, -0.1) is 5.10 Å². The van der Waals surface area contributed by atoms with Crippen LogP contribution in [0.5, 0.6) is 5.75 Å². The van der Waals surface area contributed by atoms with Crippen LogP contribution in [0.3, 0.4) is 0 Å². The molecule has 0 unspecified atom stereocenters. The fraction of sp³-hybridized carbons (Fsp3) is 0.167. The Morgan fingerprint density at radius 1 is 1.04 bits per heavy atom. The van der Waals surface area contributed by atoms with E-state index in [0.29, 0.717) is 23.4 Å². The fourth-order valence-electron chi connectivity index (χ4n) is 2.27. The summed E-state index contributed by atoms with van der Waals surface area (Å²) in [5.41, 5.74) is 2.59. The van der Waals surface area contributed by atoms with E-state index in [0.717, 1.165) is 22.7 Å². The molecule has 1 aromatic heterocycles. The van der Waals surface area contributed by atoms with Crippen LogP contribution >= 0.6 is 11.6 Å². The van der Waals surface area contributed by atoms with Gasteiger partial charge >= 0.3 is 0 Å². The van der Waals surface area contributed by atoms with Gasteiger partial charge in [-0.25, -0.2) is 0 Å². The minimum atomic E-state index is 0.372. The summed E-state index contributed by atoms with van der Waals surface area (Å²) in [5.74, 6) is 1.67. The molecule has 2 aromatic carbocycles. The lowest BCUT2D eigenvalue weighted by molar-refractivity contribution is 0.342. The number of hydrogen-bond acceptors (Lipinski definition) is 6. The van der Waals surface area contributed by atoms with E-state index in [4.69, 9.17) is 16.3 Å². The van der Waals surface area contributed by atoms with E-state index in [-0.39, 0.29) is 0 Å². The van der Waals surface area contributed by atoms with Crippen molar-refractivity contribution in [2.24, 2.45) is 0 Å². The Kier molecular flexibility index (Phi) is 5.30. The highest BCUT2D eigenvalue weighted by atomic mass is 35.5. The van der Waals surface area contributed by atoms with Crippen molar-refractivity contribution in [2.75, 3.05) is 17.2 Å². The van der Waals surface area contributed by atoms with Crippen molar-refractivity contribution < 1.29 is 4.74 Å². The lowest BCUT2D eigenvalue weighted by atomic mass is 10.2. The van der Waals surface area contributed by atoms with E-state index < -0.39 is 0 Å². The summed E-state index contributed by atoms with van der Waals surface area (Å²) in [6.45, 7) is 4.46. The Labute approximate surface area is 151 Å². The standard InChI is InChI=1S/C18H18ClN5O/c1-3-25-16-10-5-4-8-15(16)22-18-23-17(11-20-24-18)21-14-9-6-7-13(19)12(14)2/h4-11H,3H2,1-2H3,(H2,21,22,23,24). The number of para-hydroxylation sites is 2. The number of ether oxygens (including phenoxy) is 1. The van der Waals surface area contributed by atoms with Crippen LogP contribution in [0.4, 0.5) is 23.1 Å². The molecule has 0 saturated carbocycles. The normalized spacial score (nSPS) is 10.4. The SMILES string of the molecule is CCOc1ccccc1Nc1nncc(Nc2cccc(Cl)c2C)n1. The lowest BCUT2D eigenvalue weighted by Gasteiger charge is -2.12. The Morgan fingerprint density at radius 2 is 1.84 bits per heavy atom. The van der Waals surface area contributed by atoms with Gasteiger partial charge in [-0.3, -0.25) is 0 Å². The van der Waals surface area contributed by atoms with Gasteiger partial charge < -0.3 is 15.4 Å². The van der Waals surface area contributed by atoms with Crippen LogP contribution in [-0.4, -0.2) is 21.8 Å². The number of anilines is 4. The highest BCUT2D eigenvalue weighted by Gasteiger charge is 2.08. The van der Waals surface area contributed by atoms with Crippen molar-refractivity contribution in [3.63, 3.8) is 0 Å². The fourth-order valence-corrected chi connectivity index (χ4v) is 2.44. The maximum atomic E-state index is 6.15. The average Bonchev–Trinajstić information content (AvgIpc) is 2.61. The van der Waals surface area contributed by atoms with Gasteiger partial charge in [0.15, 0.2) is 5.82 Å². The molecule has 0 amide bonds. The molecule has 0 saturated heterocycles. The predicted octanol–water partition coefficient (Wildman–Crippen LogP) is 4.72. The molecule has 0 bridgehead atoms. The van der Waals surface area contributed by atoms with Gasteiger partial charge in [-0.1, -0.05) is 29.8 Å². The number of halogens is 1. The summed E-state index contributed by atoms with van der Waals surface area (Å²) in [4.78, 5) is 4.44. The predicted molar refractivity (Wildman–Crippen MR) is 100 cm³/mol. The van der Waals surface area contributed by atoms with E-state index in [1.54, 1.807) is 6.20 Å². The third-order valence-corrected chi connectivity index (χ3v) is 3.93. The zero-order valence-electron chi connectivity index (χ0n) is 14.0. The van der Waals surface area contributed by atoms with Gasteiger partial charge in [0.25, 0.3) is 0 Å². The molecule has 0 fully saturated rings. The third-order valence-electron chi connectivity index (χ3n) is 3.52. The van der Waals surface area contributed by atoms with E-state index in [1.807, 2.05) is 56.3 Å². The minimum Gasteiger partial charge on any atom is -0.492 e. The van der Waals surface area contributed by atoms with Crippen LogP contribution < -0.4 is 15.4 Å². The van der Waals surface area contributed by atoms with Crippen LogP contribution in [0.2, 0.25) is 5.02 Å². The quantitative estimate of drug-likeness (QED) is 0.666. The van der Waals surface area contributed by atoms with E-state index in [1.165, 1.54) is 0 Å². The van der Waals surface area contributed by atoms with Crippen LogP contribution in [-0.2, 0) is 0 Å². The Bertz CT molecular complexity index is 872. The molecular formula is C18H18ClN5O. The first-order chi connectivity index (χ1) is 12.2. The van der Waals surface area contributed by atoms with Gasteiger partial charge in [0.1, 0.15) is 5.75 Å². The molecule has 2 N–H and O–H groups in total. The van der Waals surface area contributed by atoms with E-state index >= 15 is 0 Å². The molecule has 3 aromatic rings. The number of nitrogens with one attached hydrogen (secondary N) is 2. The molecule has 3 rings (SSSR count). The lowest BCUT2D eigenvalue weighted by Crippen LogP contribution is -2.04. The maximum absolute atomic E-state index is 6.15. The van der Waals surface area contributed by atoms with Gasteiger partial charge in [-0.2, -0.15) is 10.1 Å². The molecule has 7 heteroatoms. The smallest absolute Gasteiger partial charge is 0.249 e. The molecular weight excluding hydrogens is 338 g/mol. The molecule has 128 valence electrons. The van der Waals surface area contributed by atoms with Crippen molar-refractivity contribution in [1.82, 2.24) is 15.2 Å². The zero-order chi connectivity index (χ0) is 17.6. The van der Waals surface area contributed by atoms with E-state index in [9.17, 15) is 0 Å². The van der Waals surface area contributed by atoms with Gasteiger partial charge in [0.05, 0.1) is 18.5 Å². The van der Waals surface area contributed by atoms with Crippen molar-refractivity contribution in [2.45, 2.75) is 13.8 Å². The second kappa shape index (κ2) is 7.81. The third kappa shape index (κ3) is 4.16. The monoisotopic (exact) mass is 355 g/mol. The molecule has 1 heterocycles. The van der Waals surface area contributed by atoms with Gasteiger partial charge in [0.2, 0.25) is 5.95 Å². The molecule has 0 spiro atoms. The Hall–Kier alpha value is -2.86. The molecule has 0 aliphatic heterocycles. The first-order valence-corrected chi connectivity index (χ1v) is 8.26. The van der Waals surface area contributed by atoms with Crippen LogP contribution in [0.15, 0.2) is 48.7 Å². The summed E-state index contributed by atoms with van der Waals surface area (Å²) in [7, 11) is 0.